The maximum atomic E-state index is 13.0. The van der Waals surface area contributed by atoms with Gasteiger partial charge in [-0.3, -0.25) is 0 Å². The van der Waals surface area contributed by atoms with E-state index in [9.17, 15) is 4.39 Å². The van der Waals surface area contributed by atoms with Crippen LogP contribution in [-0.2, 0) is 6.42 Å². The predicted molar refractivity (Wildman–Crippen MR) is 99.8 cm³/mol. The summed E-state index contributed by atoms with van der Waals surface area (Å²) in [5.41, 5.74) is 2.02. The molecule has 0 fully saturated rings. The highest BCUT2D eigenvalue weighted by molar-refractivity contribution is 7.17. The zero-order valence-corrected chi connectivity index (χ0v) is 14.8. The molecule has 0 N–H and O–H groups in total. The second kappa shape index (κ2) is 7.05. The molecule has 2 aromatic heterocycles. The van der Waals surface area contributed by atoms with Gasteiger partial charge in [-0.05, 0) is 41.5 Å². The summed E-state index contributed by atoms with van der Waals surface area (Å²) in [6.07, 6.45) is 4.42. The second-order valence-electron chi connectivity index (χ2n) is 5.66. The van der Waals surface area contributed by atoms with Crippen LogP contribution in [-0.4, -0.2) is 26.9 Å². The van der Waals surface area contributed by atoms with Crippen LogP contribution in [0.5, 0.6) is 5.75 Å². The minimum atomic E-state index is -0.246. The van der Waals surface area contributed by atoms with E-state index in [0.29, 0.717) is 6.42 Å². The van der Waals surface area contributed by atoms with Crippen molar-refractivity contribution in [3.8, 4) is 5.75 Å². The fourth-order valence-electron chi connectivity index (χ4n) is 2.52. The van der Waals surface area contributed by atoms with Crippen LogP contribution in [0.2, 0.25) is 0 Å². The molecule has 0 atom stereocenters. The number of ether oxygens (including phenoxy) is 1. The van der Waals surface area contributed by atoms with Gasteiger partial charge in [-0.2, -0.15) is 9.61 Å². The largest absolute Gasteiger partial charge is 0.497 e. The van der Waals surface area contributed by atoms with Crippen LogP contribution in [0.3, 0.4) is 0 Å². The summed E-state index contributed by atoms with van der Waals surface area (Å²) in [4.78, 5) is 0.743. The third kappa shape index (κ3) is 3.48. The van der Waals surface area contributed by atoms with Crippen LogP contribution >= 0.6 is 11.3 Å². The minimum absolute atomic E-state index is 0.246. The van der Waals surface area contributed by atoms with Crippen LogP contribution in [0.25, 0.3) is 17.1 Å². The van der Waals surface area contributed by atoms with Crippen molar-refractivity contribution < 1.29 is 9.13 Å². The van der Waals surface area contributed by atoms with Gasteiger partial charge in [0.15, 0.2) is 5.82 Å². The summed E-state index contributed by atoms with van der Waals surface area (Å²) >= 11 is 1.45. The maximum Gasteiger partial charge on any atom is 0.234 e. The van der Waals surface area contributed by atoms with Gasteiger partial charge < -0.3 is 4.74 Å². The summed E-state index contributed by atoms with van der Waals surface area (Å²) in [5.74, 6) is 1.36. The second-order valence-corrected chi connectivity index (χ2v) is 6.65. The molecule has 2 aromatic carbocycles. The standard InChI is InChI=1S/C19H15FN4OS/c1-25-16-9-4-14(5-10-16)12-17-21-22-19-24(17)23-18(26-19)11-6-13-2-7-15(20)8-3-13/h2-11H,12H2,1H3/b11-6+. The van der Waals surface area contributed by atoms with E-state index in [2.05, 4.69) is 15.3 Å². The molecule has 130 valence electrons. The maximum absolute atomic E-state index is 13.0. The van der Waals surface area contributed by atoms with Crippen molar-refractivity contribution in [1.82, 2.24) is 19.8 Å². The van der Waals surface area contributed by atoms with Crippen molar-refractivity contribution in [3.05, 3.63) is 76.3 Å². The van der Waals surface area contributed by atoms with Gasteiger partial charge in [-0.15, -0.1) is 10.2 Å². The molecule has 26 heavy (non-hydrogen) atoms. The molecular weight excluding hydrogens is 351 g/mol. The Hall–Kier alpha value is -3.06. The van der Waals surface area contributed by atoms with E-state index in [1.165, 1.54) is 23.5 Å². The first-order valence-electron chi connectivity index (χ1n) is 7.99. The lowest BCUT2D eigenvalue weighted by atomic mass is 10.1. The van der Waals surface area contributed by atoms with Crippen LogP contribution in [0.15, 0.2) is 48.5 Å². The zero-order chi connectivity index (χ0) is 17.9. The summed E-state index contributed by atoms with van der Waals surface area (Å²) in [6, 6.07) is 14.2. The van der Waals surface area contributed by atoms with Crippen LogP contribution in [0, 0.1) is 5.82 Å². The van der Waals surface area contributed by atoms with Crippen LogP contribution < -0.4 is 4.74 Å². The molecule has 0 radical (unpaired) electrons. The molecule has 0 amide bonds. The van der Waals surface area contributed by atoms with Crippen LogP contribution in [0.1, 0.15) is 22.0 Å². The van der Waals surface area contributed by atoms with Crippen molar-refractivity contribution in [3.63, 3.8) is 0 Å². The molecule has 0 saturated carbocycles. The van der Waals surface area contributed by atoms with Gasteiger partial charge in [0.05, 0.1) is 7.11 Å². The Kier molecular flexibility index (Phi) is 4.45. The molecule has 0 unspecified atom stereocenters. The van der Waals surface area contributed by atoms with Crippen molar-refractivity contribution in [2.24, 2.45) is 0 Å². The Morgan fingerprint density at radius 1 is 1.04 bits per heavy atom. The Morgan fingerprint density at radius 3 is 2.54 bits per heavy atom. The van der Waals surface area contributed by atoms with Gasteiger partial charge in [0.2, 0.25) is 4.96 Å². The Labute approximate surface area is 153 Å². The molecule has 7 heteroatoms. The number of methoxy groups -OCH3 is 1. The van der Waals surface area contributed by atoms with Gasteiger partial charge in [-0.25, -0.2) is 4.39 Å². The van der Waals surface area contributed by atoms with E-state index >= 15 is 0 Å². The molecule has 0 aliphatic carbocycles. The van der Waals surface area contributed by atoms with Crippen LogP contribution in [0.4, 0.5) is 4.39 Å². The fourth-order valence-corrected chi connectivity index (χ4v) is 3.28. The molecule has 4 aromatic rings. The molecule has 0 saturated heterocycles. The number of nitrogens with zero attached hydrogens (tertiary/aromatic N) is 4. The Balaban J connectivity index is 1.55. The number of benzene rings is 2. The SMILES string of the molecule is COc1ccc(Cc2nnc3sc(/C=C/c4ccc(F)cc4)nn23)cc1. The summed E-state index contributed by atoms with van der Waals surface area (Å²) in [5, 5.41) is 13.8. The molecule has 0 bridgehead atoms. The average Bonchev–Trinajstić information content (AvgIpc) is 3.23. The molecule has 0 aliphatic rings. The highest BCUT2D eigenvalue weighted by atomic mass is 32.1. The third-order valence-electron chi connectivity index (χ3n) is 3.88. The quantitative estimate of drug-likeness (QED) is 0.534. The number of aromatic nitrogens is 4. The van der Waals surface area contributed by atoms with Crippen molar-refractivity contribution in [2.75, 3.05) is 7.11 Å². The van der Waals surface area contributed by atoms with E-state index in [1.807, 2.05) is 36.4 Å². The normalized spacial score (nSPS) is 11.5. The van der Waals surface area contributed by atoms with Gasteiger partial charge >= 0.3 is 0 Å². The van der Waals surface area contributed by atoms with Gasteiger partial charge in [0.25, 0.3) is 0 Å². The summed E-state index contributed by atoms with van der Waals surface area (Å²) in [7, 11) is 1.65. The Morgan fingerprint density at radius 2 is 1.81 bits per heavy atom. The highest BCUT2D eigenvalue weighted by Gasteiger charge is 2.11. The molecule has 2 heterocycles. The summed E-state index contributed by atoms with van der Waals surface area (Å²) in [6.45, 7) is 0. The smallest absolute Gasteiger partial charge is 0.234 e. The third-order valence-corrected chi connectivity index (χ3v) is 4.74. The van der Waals surface area contributed by atoms with E-state index in [1.54, 1.807) is 23.8 Å². The van der Waals surface area contributed by atoms with Gasteiger partial charge in [-0.1, -0.05) is 41.7 Å². The van der Waals surface area contributed by atoms with Crippen molar-refractivity contribution in [2.45, 2.75) is 6.42 Å². The predicted octanol–water partition coefficient (Wildman–Crippen LogP) is 4.09. The number of fused-ring (bicyclic) bond motifs is 1. The van der Waals surface area contributed by atoms with Gasteiger partial charge in [0.1, 0.15) is 16.6 Å². The average molecular weight is 366 g/mol. The minimum Gasteiger partial charge on any atom is -0.497 e. The van der Waals surface area contributed by atoms with E-state index in [4.69, 9.17) is 4.74 Å². The lowest BCUT2D eigenvalue weighted by Crippen LogP contribution is -1.97. The molecule has 5 nitrogen and oxygen atoms in total. The van der Waals surface area contributed by atoms with Gasteiger partial charge in [0, 0.05) is 6.42 Å². The molecule has 0 aliphatic heterocycles. The topological polar surface area (TPSA) is 52.3 Å². The highest BCUT2D eigenvalue weighted by Crippen LogP contribution is 2.19. The number of halogens is 1. The van der Waals surface area contributed by atoms with Crippen molar-refractivity contribution >= 4 is 28.4 Å². The molecule has 0 spiro atoms. The first-order chi connectivity index (χ1) is 12.7. The summed E-state index contributed by atoms with van der Waals surface area (Å²) < 4.78 is 19.9. The van der Waals surface area contributed by atoms with Crippen molar-refractivity contribution in [1.29, 1.82) is 0 Å². The van der Waals surface area contributed by atoms with E-state index < -0.39 is 0 Å². The van der Waals surface area contributed by atoms with E-state index in [0.717, 1.165) is 32.7 Å². The fraction of sp³-hybridized carbons (Fsp3) is 0.105. The lowest BCUT2D eigenvalue weighted by molar-refractivity contribution is 0.414. The number of rotatable bonds is 5. The lowest BCUT2D eigenvalue weighted by Gasteiger charge is -2.01. The molecule has 4 rings (SSSR count). The first kappa shape index (κ1) is 16.4. The molecular formula is C19H15FN4OS. The van der Waals surface area contributed by atoms with E-state index in [-0.39, 0.29) is 5.82 Å². The number of hydrogen-bond donors (Lipinski definition) is 0. The first-order valence-corrected chi connectivity index (χ1v) is 8.80. The zero-order valence-electron chi connectivity index (χ0n) is 14.0. The monoisotopic (exact) mass is 366 g/mol. The number of hydrogen-bond acceptors (Lipinski definition) is 5. The Bertz CT molecular complexity index is 1050.